The summed E-state index contributed by atoms with van der Waals surface area (Å²) in [6.07, 6.45) is -0.621. The van der Waals surface area contributed by atoms with Crippen LogP contribution in [0.25, 0.3) is 0 Å². The van der Waals surface area contributed by atoms with Crippen molar-refractivity contribution < 1.29 is 23.8 Å². The summed E-state index contributed by atoms with van der Waals surface area (Å²) < 4.78 is 26.7. The zero-order valence-corrected chi connectivity index (χ0v) is 11.6. The van der Waals surface area contributed by atoms with Crippen molar-refractivity contribution in [2.24, 2.45) is 0 Å². The van der Waals surface area contributed by atoms with Gasteiger partial charge in [-0.1, -0.05) is 23.2 Å². The number of aromatic hydroxyl groups is 1. The van der Waals surface area contributed by atoms with Crippen molar-refractivity contribution in [2.75, 3.05) is 13.2 Å². The van der Waals surface area contributed by atoms with Gasteiger partial charge in [-0.15, -0.1) is 0 Å². The zero-order chi connectivity index (χ0) is 15.1. The van der Waals surface area contributed by atoms with E-state index in [1.54, 1.807) is 0 Å². The van der Waals surface area contributed by atoms with Gasteiger partial charge in [0.05, 0.1) is 29.8 Å². The fraction of sp³-hybridized carbons (Fsp3) is 0.417. The number of phenolic OH excluding ortho intramolecular Hbond substituents is 1. The molecule has 1 aliphatic rings. The molecule has 1 unspecified atom stereocenters. The molecule has 1 amide bonds. The van der Waals surface area contributed by atoms with E-state index in [0.29, 0.717) is 0 Å². The fourth-order valence-corrected chi connectivity index (χ4v) is 2.68. The molecular formula is C12H11Cl2F2NO3. The van der Waals surface area contributed by atoms with Crippen LogP contribution in [0.2, 0.25) is 10.0 Å². The predicted octanol–water partition coefficient (Wildman–Crippen LogP) is 2.54. The van der Waals surface area contributed by atoms with Crippen LogP contribution in [0.15, 0.2) is 12.1 Å². The molecule has 1 aromatic rings. The molecule has 0 aliphatic carbocycles. The van der Waals surface area contributed by atoms with Crippen molar-refractivity contribution in [3.63, 3.8) is 0 Å². The van der Waals surface area contributed by atoms with Crippen molar-refractivity contribution in [1.29, 1.82) is 0 Å². The van der Waals surface area contributed by atoms with E-state index >= 15 is 0 Å². The Hall–Kier alpha value is -1.11. The van der Waals surface area contributed by atoms with E-state index in [0.717, 1.165) is 11.0 Å². The summed E-state index contributed by atoms with van der Waals surface area (Å²) in [5.74, 6) is -4.43. The summed E-state index contributed by atoms with van der Waals surface area (Å²) in [6, 6.07) is 1.38. The van der Waals surface area contributed by atoms with Crippen molar-refractivity contribution in [1.82, 2.24) is 4.90 Å². The topological polar surface area (TPSA) is 60.8 Å². The molecule has 8 heteroatoms. The summed E-state index contributed by atoms with van der Waals surface area (Å²) in [5, 5.41) is 18.8. The third kappa shape index (κ3) is 2.82. The second-order valence-corrected chi connectivity index (χ2v) is 5.46. The first-order valence-corrected chi connectivity index (χ1v) is 6.48. The number of aliphatic hydroxyl groups is 1. The van der Waals surface area contributed by atoms with Crippen LogP contribution in [-0.4, -0.2) is 46.1 Å². The highest BCUT2D eigenvalue weighted by Crippen LogP contribution is 2.36. The van der Waals surface area contributed by atoms with Gasteiger partial charge in [0.15, 0.2) is 0 Å². The highest BCUT2D eigenvalue weighted by atomic mass is 35.5. The Morgan fingerprint density at radius 1 is 1.45 bits per heavy atom. The van der Waals surface area contributed by atoms with Crippen LogP contribution in [-0.2, 0) is 0 Å². The van der Waals surface area contributed by atoms with Gasteiger partial charge >= 0.3 is 0 Å². The number of hydrogen-bond acceptors (Lipinski definition) is 3. The minimum atomic E-state index is -3.07. The Morgan fingerprint density at radius 3 is 2.70 bits per heavy atom. The zero-order valence-electron chi connectivity index (χ0n) is 10.1. The van der Waals surface area contributed by atoms with Crippen LogP contribution in [0, 0.1) is 0 Å². The summed E-state index contributed by atoms with van der Waals surface area (Å²) in [7, 11) is 0. The van der Waals surface area contributed by atoms with E-state index in [-0.39, 0.29) is 15.6 Å². The molecule has 1 atom stereocenters. The molecule has 1 saturated heterocycles. The molecule has 2 rings (SSSR count). The average Bonchev–Trinajstić information content (AvgIpc) is 2.68. The maximum Gasteiger partial charge on any atom is 0.267 e. The monoisotopic (exact) mass is 325 g/mol. The molecule has 2 N–H and O–H groups in total. The summed E-state index contributed by atoms with van der Waals surface area (Å²) in [4.78, 5) is 13.1. The number of phenols is 1. The molecule has 0 saturated carbocycles. The van der Waals surface area contributed by atoms with Gasteiger partial charge in [0, 0.05) is 11.4 Å². The number of likely N-dealkylation sites (tertiary alicyclic amines) is 1. The number of hydrogen-bond donors (Lipinski definition) is 2. The second-order valence-electron chi connectivity index (χ2n) is 4.61. The van der Waals surface area contributed by atoms with E-state index in [1.165, 1.54) is 6.07 Å². The third-order valence-corrected chi connectivity index (χ3v) is 3.61. The molecule has 1 heterocycles. The van der Waals surface area contributed by atoms with Crippen molar-refractivity contribution in [2.45, 2.75) is 18.4 Å². The van der Waals surface area contributed by atoms with Crippen LogP contribution in [0.1, 0.15) is 16.8 Å². The normalized spacial score (nSPS) is 21.2. The smallest absolute Gasteiger partial charge is 0.267 e. The number of carbonyl (C=O) groups is 1. The van der Waals surface area contributed by atoms with Gasteiger partial charge in [-0.3, -0.25) is 4.79 Å². The Labute approximate surface area is 123 Å². The second kappa shape index (κ2) is 5.35. The summed E-state index contributed by atoms with van der Waals surface area (Å²) in [5.41, 5.74) is -0.265. The van der Waals surface area contributed by atoms with Crippen molar-refractivity contribution in [3.8, 4) is 5.75 Å². The molecule has 4 nitrogen and oxygen atoms in total. The van der Waals surface area contributed by atoms with E-state index in [4.69, 9.17) is 28.3 Å². The summed E-state index contributed by atoms with van der Waals surface area (Å²) in [6.45, 7) is -1.41. The van der Waals surface area contributed by atoms with Gasteiger partial charge < -0.3 is 15.1 Å². The molecule has 1 aromatic carbocycles. The molecule has 0 aromatic heterocycles. The van der Waals surface area contributed by atoms with Crippen LogP contribution in [0.3, 0.4) is 0 Å². The third-order valence-electron chi connectivity index (χ3n) is 3.11. The van der Waals surface area contributed by atoms with Gasteiger partial charge in [0.2, 0.25) is 0 Å². The average molecular weight is 326 g/mol. The Kier molecular flexibility index (Phi) is 4.09. The molecule has 0 bridgehead atoms. The molecule has 1 aliphatic heterocycles. The van der Waals surface area contributed by atoms with Crippen molar-refractivity contribution in [3.05, 3.63) is 27.7 Å². The standard InChI is InChI=1S/C12H11Cl2F2NO3/c13-6-1-8(10(19)9(14)2-6)11(20)17-5-12(15,16)3-7(17)4-18/h1-2,7,18-19H,3-5H2. The quantitative estimate of drug-likeness (QED) is 0.878. The number of aliphatic hydroxyl groups excluding tert-OH is 1. The van der Waals surface area contributed by atoms with E-state index in [2.05, 4.69) is 0 Å². The molecule has 0 spiro atoms. The summed E-state index contributed by atoms with van der Waals surface area (Å²) >= 11 is 11.4. The lowest BCUT2D eigenvalue weighted by Gasteiger charge is -2.23. The Morgan fingerprint density at radius 2 is 2.10 bits per heavy atom. The lowest BCUT2D eigenvalue weighted by molar-refractivity contribution is 0.0115. The van der Waals surface area contributed by atoms with E-state index in [1.807, 2.05) is 0 Å². The van der Waals surface area contributed by atoms with Gasteiger partial charge in [-0.2, -0.15) is 0 Å². The molecule has 20 heavy (non-hydrogen) atoms. The molecule has 110 valence electrons. The number of amides is 1. The highest BCUT2D eigenvalue weighted by Gasteiger charge is 2.47. The minimum Gasteiger partial charge on any atom is -0.506 e. The first kappa shape index (κ1) is 15.3. The SMILES string of the molecule is O=C(c1cc(Cl)cc(Cl)c1O)N1CC(F)(F)CC1CO. The number of rotatable bonds is 2. The van der Waals surface area contributed by atoms with E-state index < -0.39 is 43.2 Å². The highest BCUT2D eigenvalue weighted by molar-refractivity contribution is 6.36. The minimum absolute atomic E-state index is 0.0997. The fourth-order valence-electron chi connectivity index (χ4n) is 2.18. The van der Waals surface area contributed by atoms with Crippen LogP contribution >= 0.6 is 23.2 Å². The van der Waals surface area contributed by atoms with Crippen LogP contribution < -0.4 is 0 Å². The molecule has 1 fully saturated rings. The predicted molar refractivity (Wildman–Crippen MR) is 69.6 cm³/mol. The van der Waals surface area contributed by atoms with Crippen LogP contribution in [0.4, 0.5) is 8.78 Å². The number of halogens is 4. The number of benzene rings is 1. The number of alkyl halides is 2. The van der Waals surface area contributed by atoms with Gasteiger partial charge in [-0.25, -0.2) is 8.78 Å². The van der Waals surface area contributed by atoms with Gasteiger partial charge in [0.1, 0.15) is 5.75 Å². The number of nitrogens with zero attached hydrogens (tertiary/aromatic N) is 1. The molecular weight excluding hydrogens is 315 g/mol. The lowest BCUT2D eigenvalue weighted by atomic mass is 10.1. The van der Waals surface area contributed by atoms with Crippen LogP contribution in [0.5, 0.6) is 5.75 Å². The first-order chi connectivity index (χ1) is 9.25. The Balaban J connectivity index is 2.37. The Bertz CT molecular complexity index is 554. The lowest BCUT2D eigenvalue weighted by Crippen LogP contribution is -2.38. The molecule has 0 radical (unpaired) electrons. The largest absolute Gasteiger partial charge is 0.506 e. The number of carbonyl (C=O) groups excluding carboxylic acids is 1. The maximum atomic E-state index is 13.3. The van der Waals surface area contributed by atoms with Crippen molar-refractivity contribution >= 4 is 29.1 Å². The van der Waals surface area contributed by atoms with Gasteiger partial charge in [-0.05, 0) is 12.1 Å². The first-order valence-electron chi connectivity index (χ1n) is 5.73. The van der Waals surface area contributed by atoms with E-state index in [9.17, 15) is 18.7 Å². The maximum absolute atomic E-state index is 13.3. The van der Waals surface area contributed by atoms with Gasteiger partial charge in [0.25, 0.3) is 11.8 Å².